The van der Waals surface area contributed by atoms with Gasteiger partial charge in [-0.2, -0.15) is 5.10 Å². The first-order chi connectivity index (χ1) is 25.2. The fourth-order valence-corrected chi connectivity index (χ4v) is 8.61. The van der Waals surface area contributed by atoms with Crippen LogP contribution < -0.4 is 14.4 Å². The molecule has 3 aromatic carbocycles. The van der Waals surface area contributed by atoms with Gasteiger partial charge in [-0.3, -0.25) is 9.48 Å². The number of fused-ring (bicyclic) bond motifs is 4. The van der Waals surface area contributed by atoms with Crippen LogP contribution in [0.25, 0.3) is 32.9 Å². The van der Waals surface area contributed by atoms with Crippen LogP contribution in [-0.2, 0) is 20.5 Å². The Bertz CT molecular complexity index is 2490. The number of carbonyl (C=O) groups excluding carboxylic acids is 1. The summed E-state index contributed by atoms with van der Waals surface area (Å²) in [5.74, 6) is 0.0889. The largest absolute Gasteiger partial charge is 0.496 e. The van der Waals surface area contributed by atoms with Gasteiger partial charge in [0.15, 0.2) is 0 Å². The SMILES string of the molecule is COc1c(C)cc(N2C[C@@H](C)n3c(c(CCCOc4cc(C)c(Cl)c(C)c4)c4ccc(Cl)c(-c5c(C)nn(C)c5C)c43)C2=O)c2c1cc(C(=O)O)n2C. The first-order valence-electron chi connectivity index (χ1n) is 17.6. The number of halogens is 2. The number of carboxylic acid groups (broad SMARTS) is 1. The minimum absolute atomic E-state index is 0.102. The lowest BCUT2D eigenvalue weighted by Crippen LogP contribution is -2.43. The van der Waals surface area contributed by atoms with Gasteiger partial charge >= 0.3 is 5.97 Å². The molecule has 0 fully saturated rings. The average molecular weight is 757 g/mol. The molecule has 1 N–H and O–H groups in total. The van der Waals surface area contributed by atoms with Gasteiger partial charge in [0.05, 0.1) is 41.2 Å². The number of hydrogen-bond acceptors (Lipinski definition) is 5. The molecule has 1 atom stereocenters. The predicted molar refractivity (Wildman–Crippen MR) is 211 cm³/mol. The summed E-state index contributed by atoms with van der Waals surface area (Å²) in [7, 11) is 5.20. The van der Waals surface area contributed by atoms with Crippen molar-refractivity contribution in [1.82, 2.24) is 18.9 Å². The molecule has 0 bridgehead atoms. The highest BCUT2D eigenvalue weighted by Gasteiger charge is 2.38. The molecule has 0 radical (unpaired) electrons. The Morgan fingerprint density at radius 1 is 0.962 bits per heavy atom. The van der Waals surface area contributed by atoms with Crippen LogP contribution in [-0.4, -0.2) is 56.2 Å². The molecule has 1 aliphatic heterocycles. The van der Waals surface area contributed by atoms with Crippen molar-refractivity contribution in [3.8, 4) is 22.6 Å². The second kappa shape index (κ2) is 13.5. The van der Waals surface area contributed by atoms with Crippen molar-refractivity contribution >= 4 is 62.6 Å². The number of aromatic nitrogens is 4. The van der Waals surface area contributed by atoms with Crippen molar-refractivity contribution in [1.29, 1.82) is 0 Å². The number of amides is 1. The Balaban J connectivity index is 1.41. The van der Waals surface area contributed by atoms with E-state index in [1.54, 1.807) is 29.7 Å². The lowest BCUT2D eigenvalue weighted by atomic mass is 9.98. The summed E-state index contributed by atoms with van der Waals surface area (Å²) in [6, 6.07) is 11.2. The molecule has 276 valence electrons. The summed E-state index contributed by atoms with van der Waals surface area (Å²) >= 11 is 13.5. The van der Waals surface area contributed by atoms with Gasteiger partial charge in [-0.15, -0.1) is 0 Å². The van der Waals surface area contributed by atoms with Crippen molar-refractivity contribution in [2.24, 2.45) is 14.1 Å². The number of anilines is 1. The van der Waals surface area contributed by atoms with E-state index < -0.39 is 5.97 Å². The van der Waals surface area contributed by atoms with E-state index in [2.05, 4.69) is 11.5 Å². The monoisotopic (exact) mass is 755 g/mol. The zero-order valence-electron chi connectivity index (χ0n) is 31.4. The van der Waals surface area contributed by atoms with Crippen molar-refractivity contribution in [3.05, 3.63) is 91.5 Å². The first kappa shape index (κ1) is 36.4. The summed E-state index contributed by atoms with van der Waals surface area (Å²) in [5.41, 5.74) is 10.1. The van der Waals surface area contributed by atoms with Crippen molar-refractivity contribution < 1.29 is 24.2 Å². The number of aryl methyl sites for hydroxylation is 7. The Morgan fingerprint density at radius 3 is 2.28 bits per heavy atom. The number of hydrogen-bond donors (Lipinski definition) is 1. The molecular weight excluding hydrogens is 713 g/mol. The fraction of sp³-hybridized carbons (Fsp3) is 0.341. The molecule has 4 heterocycles. The molecular formula is C41H43Cl2N5O5. The van der Waals surface area contributed by atoms with Gasteiger partial charge in [0.25, 0.3) is 5.91 Å². The molecule has 53 heavy (non-hydrogen) atoms. The van der Waals surface area contributed by atoms with E-state index in [9.17, 15) is 9.90 Å². The molecule has 1 amide bonds. The standard InChI is InChI=1S/C41H43Cl2N5O5/c1-20-15-26(16-21(2)35(20)43)53-14-10-11-27-28-12-13-30(42)34(33-24(5)44-46(8)25(33)6)37(28)48-23(4)19-47(40(49)38(27)48)31-17-22(3)39(52-9)29-18-32(41(50)51)45(7)36(29)31/h12-13,15-18,23H,10-11,14,19H2,1-9H3,(H,50,51)/t23-/m1/s1. The highest BCUT2D eigenvalue weighted by atomic mass is 35.5. The zero-order chi connectivity index (χ0) is 38.2. The maximum Gasteiger partial charge on any atom is 0.352 e. The van der Waals surface area contributed by atoms with Crippen LogP contribution in [0.1, 0.15) is 74.0 Å². The van der Waals surface area contributed by atoms with Crippen LogP contribution in [0, 0.1) is 34.6 Å². The molecule has 0 aliphatic carbocycles. The summed E-state index contributed by atoms with van der Waals surface area (Å²) in [5, 5.41) is 17.7. The Labute approximate surface area is 318 Å². The van der Waals surface area contributed by atoms with E-state index in [-0.39, 0.29) is 17.6 Å². The summed E-state index contributed by atoms with van der Waals surface area (Å²) in [6.07, 6.45) is 1.20. The third-order valence-corrected chi connectivity index (χ3v) is 11.6. The third kappa shape index (κ3) is 5.74. The molecule has 10 nitrogen and oxygen atoms in total. The van der Waals surface area contributed by atoms with Gasteiger partial charge in [0.1, 0.15) is 22.9 Å². The quantitative estimate of drug-likeness (QED) is 0.148. The molecule has 1 aliphatic rings. The minimum Gasteiger partial charge on any atom is -0.496 e. The van der Waals surface area contributed by atoms with Gasteiger partial charge in [0, 0.05) is 59.3 Å². The Hall–Kier alpha value is -4.93. The van der Waals surface area contributed by atoms with Crippen molar-refractivity contribution in [3.63, 3.8) is 0 Å². The molecule has 12 heteroatoms. The molecule has 0 saturated carbocycles. The number of carbonyl (C=O) groups is 2. The number of nitrogens with zero attached hydrogens (tertiary/aromatic N) is 5. The minimum atomic E-state index is -1.06. The highest BCUT2D eigenvalue weighted by molar-refractivity contribution is 6.35. The van der Waals surface area contributed by atoms with Gasteiger partial charge in [-0.25, -0.2) is 4.79 Å². The molecule has 0 spiro atoms. The number of ether oxygens (including phenoxy) is 2. The summed E-state index contributed by atoms with van der Waals surface area (Å²) in [6.45, 7) is 12.7. The molecule has 6 aromatic rings. The maximum atomic E-state index is 15.2. The van der Waals surface area contributed by atoms with E-state index in [1.165, 1.54) is 0 Å². The van der Waals surface area contributed by atoms with Crippen LogP contribution >= 0.6 is 23.2 Å². The van der Waals surface area contributed by atoms with Gasteiger partial charge < -0.3 is 28.6 Å². The third-order valence-electron chi connectivity index (χ3n) is 10.7. The second-order valence-corrected chi connectivity index (χ2v) is 15.0. The number of methoxy groups -OCH3 is 1. The Morgan fingerprint density at radius 2 is 1.66 bits per heavy atom. The predicted octanol–water partition coefficient (Wildman–Crippen LogP) is 9.32. The fourth-order valence-electron chi connectivity index (χ4n) is 8.26. The topological polar surface area (TPSA) is 104 Å². The van der Waals surface area contributed by atoms with E-state index in [0.29, 0.717) is 59.0 Å². The van der Waals surface area contributed by atoms with E-state index >= 15 is 4.79 Å². The normalized spacial score (nSPS) is 14.4. The molecule has 0 saturated heterocycles. The zero-order valence-corrected chi connectivity index (χ0v) is 33.0. The summed E-state index contributed by atoms with van der Waals surface area (Å²) in [4.78, 5) is 29.3. The van der Waals surface area contributed by atoms with Crippen molar-refractivity contribution in [2.45, 2.75) is 60.4 Å². The number of aromatic carboxylic acids is 1. The van der Waals surface area contributed by atoms with Crippen LogP contribution in [0.4, 0.5) is 5.69 Å². The lowest BCUT2D eigenvalue weighted by molar-refractivity contribution is 0.0687. The molecule has 0 unspecified atom stereocenters. The van der Waals surface area contributed by atoms with Crippen LogP contribution in [0.5, 0.6) is 11.5 Å². The van der Waals surface area contributed by atoms with Gasteiger partial charge in [-0.05, 0) is 107 Å². The van der Waals surface area contributed by atoms with Gasteiger partial charge in [-0.1, -0.05) is 29.3 Å². The molecule has 7 rings (SSSR count). The lowest BCUT2D eigenvalue weighted by Gasteiger charge is -2.35. The van der Waals surface area contributed by atoms with Gasteiger partial charge in [0.2, 0.25) is 0 Å². The molecule has 3 aromatic heterocycles. The average Bonchev–Trinajstić information content (AvgIpc) is 3.71. The highest BCUT2D eigenvalue weighted by Crippen LogP contribution is 2.46. The maximum absolute atomic E-state index is 15.2. The van der Waals surface area contributed by atoms with Crippen LogP contribution in [0.15, 0.2) is 36.4 Å². The van der Waals surface area contributed by atoms with Crippen molar-refractivity contribution in [2.75, 3.05) is 25.2 Å². The van der Waals surface area contributed by atoms with Crippen LogP contribution in [0.2, 0.25) is 10.0 Å². The van der Waals surface area contributed by atoms with E-state index in [1.807, 2.05) is 76.7 Å². The number of carboxylic acids is 1. The first-order valence-corrected chi connectivity index (χ1v) is 18.4. The van der Waals surface area contributed by atoms with E-state index in [0.717, 1.165) is 66.4 Å². The number of benzene rings is 3. The van der Waals surface area contributed by atoms with E-state index in [4.69, 9.17) is 37.8 Å². The smallest absolute Gasteiger partial charge is 0.352 e. The number of rotatable bonds is 9. The Kier molecular flexibility index (Phi) is 9.27. The second-order valence-electron chi connectivity index (χ2n) is 14.2. The summed E-state index contributed by atoms with van der Waals surface area (Å²) < 4.78 is 17.6. The van der Waals surface area contributed by atoms with Crippen LogP contribution in [0.3, 0.4) is 0 Å².